The topological polar surface area (TPSA) is 105 Å². The lowest BCUT2D eigenvalue weighted by Crippen LogP contribution is -2.47. The first-order chi connectivity index (χ1) is 19.6. The number of aromatic nitrogens is 4. The van der Waals surface area contributed by atoms with Gasteiger partial charge in [-0.25, -0.2) is 19.9 Å². The Kier molecular flexibility index (Phi) is 8.36. The SMILES string of the molecule is CC(=O)Nc1nc2c(Oc3cc(-c4ccc(C(F)(F)F)nc4NC[C@@H]4CCCCN4C(C)C)ncn3)cccc2s1. The second kappa shape index (κ2) is 12.0. The highest BCUT2D eigenvalue weighted by Crippen LogP contribution is 2.36. The second-order valence-corrected chi connectivity index (χ2v) is 11.1. The first kappa shape index (κ1) is 28.7. The van der Waals surface area contributed by atoms with Crippen LogP contribution < -0.4 is 15.4 Å². The lowest BCUT2D eigenvalue weighted by molar-refractivity contribution is -0.141. The van der Waals surface area contributed by atoms with Gasteiger partial charge in [-0.3, -0.25) is 9.69 Å². The Morgan fingerprint density at radius 3 is 2.76 bits per heavy atom. The average Bonchev–Trinajstić information content (AvgIpc) is 3.34. The van der Waals surface area contributed by atoms with Gasteiger partial charge in [0.15, 0.2) is 10.9 Å². The molecular weight excluding hydrogens is 555 g/mol. The predicted molar refractivity (Wildman–Crippen MR) is 152 cm³/mol. The maximum absolute atomic E-state index is 13.6. The Bertz CT molecular complexity index is 1540. The monoisotopic (exact) mass is 585 g/mol. The summed E-state index contributed by atoms with van der Waals surface area (Å²) < 4.78 is 47.6. The first-order valence-corrected chi connectivity index (χ1v) is 14.2. The number of ether oxygens (including phenoxy) is 1. The highest BCUT2D eigenvalue weighted by molar-refractivity contribution is 7.22. The average molecular weight is 586 g/mol. The van der Waals surface area contributed by atoms with Gasteiger partial charge < -0.3 is 15.4 Å². The second-order valence-electron chi connectivity index (χ2n) is 10.1. The molecule has 1 fully saturated rings. The number of fused-ring (bicyclic) bond motifs is 1. The van der Waals surface area contributed by atoms with Crippen LogP contribution in [0.4, 0.5) is 24.1 Å². The number of pyridine rings is 1. The number of rotatable bonds is 8. The third-order valence-corrected chi connectivity index (χ3v) is 7.76. The zero-order valence-corrected chi connectivity index (χ0v) is 23.6. The smallest absolute Gasteiger partial charge is 0.433 e. The van der Waals surface area contributed by atoms with Crippen molar-refractivity contribution in [1.82, 2.24) is 24.8 Å². The molecule has 1 saturated heterocycles. The minimum atomic E-state index is -4.59. The molecule has 1 aliphatic heterocycles. The maximum atomic E-state index is 13.6. The van der Waals surface area contributed by atoms with Crippen LogP contribution in [-0.4, -0.2) is 55.9 Å². The molecular formula is C28H30F3N7O2S. The van der Waals surface area contributed by atoms with Crippen LogP contribution in [0.1, 0.15) is 45.7 Å². The molecule has 9 nitrogen and oxygen atoms in total. The number of likely N-dealkylation sites (tertiary alicyclic amines) is 1. The molecule has 0 unspecified atom stereocenters. The summed E-state index contributed by atoms with van der Waals surface area (Å²) >= 11 is 1.31. The number of carbonyl (C=O) groups is 1. The first-order valence-electron chi connectivity index (χ1n) is 13.3. The molecule has 0 saturated carbocycles. The van der Waals surface area contributed by atoms with Crippen molar-refractivity contribution in [1.29, 1.82) is 0 Å². The Hall–Kier alpha value is -3.84. The van der Waals surface area contributed by atoms with E-state index in [2.05, 4.69) is 49.3 Å². The summed E-state index contributed by atoms with van der Waals surface area (Å²) in [6.45, 7) is 7.07. The Labute approximate surface area is 239 Å². The number of anilines is 2. The van der Waals surface area contributed by atoms with Gasteiger partial charge in [0.1, 0.15) is 23.4 Å². The van der Waals surface area contributed by atoms with Gasteiger partial charge in [0.05, 0.1) is 10.4 Å². The van der Waals surface area contributed by atoms with Crippen molar-refractivity contribution in [3.63, 3.8) is 0 Å². The van der Waals surface area contributed by atoms with E-state index in [4.69, 9.17) is 4.74 Å². The van der Waals surface area contributed by atoms with Crippen LogP contribution in [0.5, 0.6) is 11.6 Å². The van der Waals surface area contributed by atoms with Crippen LogP contribution >= 0.6 is 11.3 Å². The zero-order valence-electron chi connectivity index (χ0n) is 22.8. The fourth-order valence-electron chi connectivity index (χ4n) is 4.96. The minimum Gasteiger partial charge on any atom is -0.437 e. The van der Waals surface area contributed by atoms with Crippen LogP contribution in [0.2, 0.25) is 0 Å². The molecule has 0 spiro atoms. The van der Waals surface area contributed by atoms with E-state index in [0.29, 0.717) is 40.2 Å². The highest BCUT2D eigenvalue weighted by Gasteiger charge is 2.33. The van der Waals surface area contributed by atoms with E-state index in [1.54, 1.807) is 18.2 Å². The lowest BCUT2D eigenvalue weighted by Gasteiger charge is -2.38. The molecule has 1 atom stereocenters. The van der Waals surface area contributed by atoms with Crippen LogP contribution in [0.15, 0.2) is 42.7 Å². The molecule has 1 amide bonds. The fourth-order valence-corrected chi connectivity index (χ4v) is 5.89. The molecule has 4 heterocycles. The zero-order chi connectivity index (χ0) is 29.1. The van der Waals surface area contributed by atoms with Gasteiger partial charge in [-0.05, 0) is 57.5 Å². The van der Waals surface area contributed by atoms with E-state index >= 15 is 0 Å². The lowest BCUT2D eigenvalue weighted by atomic mass is 10.00. The van der Waals surface area contributed by atoms with Crippen molar-refractivity contribution in [2.75, 3.05) is 23.7 Å². The number of benzene rings is 1. The van der Waals surface area contributed by atoms with Crippen molar-refractivity contribution >= 4 is 38.4 Å². The summed E-state index contributed by atoms with van der Waals surface area (Å²) in [6.07, 6.45) is -0.168. The van der Waals surface area contributed by atoms with Gasteiger partial charge in [0.2, 0.25) is 11.8 Å². The molecule has 2 N–H and O–H groups in total. The number of hydrogen-bond acceptors (Lipinski definition) is 9. The van der Waals surface area contributed by atoms with Crippen molar-refractivity contribution in [2.45, 2.75) is 58.3 Å². The van der Waals surface area contributed by atoms with Crippen LogP contribution in [0, 0.1) is 0 Å². The molecule has 0 aliphatic carbocycles. The third-order valence-electron chi connectivity index (χ3n) is 6.82. The number of hydrogen-bond donors (Lipinski definition) is 2. The number of halogens is 3. The molecule has 1 aliphatic rings. The van der Waals surface area contributed by atoms with Crippen LogP contribution in [0.25, 0.3) is 21.5 Å². The van der Waals surface area contributed by atoms with Gasteiger partial charge in [-0.2, -0.15) is 13.2 Å². The minimum absolute atomic E-state index is 0.0975. The number of amides is 1. The number of nitrogens with one attached hydrogen (secondary N) is 2. The Morgan fingerprint density at radius 1 is 1.17 bits per heavy atom. The standard InChI is InChI=1S/C28H30F3N7O2S/c1-16(2)38-12-5-4-7-18(38)14-32-26-19(10-11-23(36-26)28(29,30)31)20-13-24(34-15-33-20)40-21-8-6-9-22-25(21)37-27(41-22)35-17(3)39/h6,8-11,13,15-16,18H,4-5,7,12,14H2,1-3H3,(H,32,36)(H,35,37,39)/t18-/m0/s1. The quantitative estimate of drug-likeness (QED) is 0.239. The molecule has 1 aromatic carbocycles. The maximum Gasteiger partial charge on any atom is 0.433 e. The normalized spacial score (nSPS) is 16.2. The summed E-state index contributed by atoms with van der Waals surface area (Å²) in [5, 5.41) is 6.30. The number of carbonyl (C=O) groups excluding carboxylic acids is 1. The summed E-state index contributed by atoms with van der Waals surface area (Å²) in [7, 11) is 0. The van der Waals surface area contributed by atoms with E-state index < -0.39 is 11.9 Å². The predicted octanol–water partition coefficient (Wildman–Crippen LogP) is 6.59. The van der Waals surface area contributed by atoms with Crippen molar-refractivity contribution in [3.05, 3.63) is 48.4 Å². The fraction of sp³-hybridized carbons (Fsp3) is 0.393. The van der Waals surface area contributed by atoms with E-state index in [1.165, 1.54) is 30.7 Å². The van der Waals surface area contributed by atoms with E-state index in [-0.39, 0.29) is 23.6 Å². The summed E-state index contributed by atoms with van der Waals surface area (Å²) in [6, 6.07) is 9.75. The Morgan fingerprint density at radius 2 is 2.00 bits per heavy atom. The Balaban J connectivity index is 1.44. The van der Waals surface area contributed by atoms with Gasteiger partial charge >= 0.3 is 6.18 Å². The van der Waals surface area contributed by atoms with Crippen molar-refractivity contribution in [2.24, 2.45) is 0 Å². The van der Waals surface area contributed by atoms with Crippen LogP contribution in [0.3, 0.4) is 0 Å². The summed E-state index contributed by atoms with van der Waals surface area (Å²) in [5.74, 6) is 0.456. The van der Waals surface area contributed by atoms with E-state index in [0.717, 1.165) is 36.6 Å². The van der Waals surface area contributed by atoms with Gasteiger partial charge in [0.25, 0.3) is 0 Å². The molecule has 4 aromatic rings. The third kappa shape index (κ3) is 6.73. The summed E-state index contributed by atoms with van der Waals surface area (Å²) in [4.78, 5) is 30.8. The van der Waals surface area contributed by atoms with Gasteiger partial charge in [0, 0.05) is 37.2 Å². The van der Waals surface area contributed by atoms with Gasteiger partial charge in [-0.1, -0.05) is 23.8 Å². The molecule has 5 rings (SSSR count). The largest absolute Gasteiger partial charge is 0.437 e. The van der Waals surface area contributed by atoms with Crippen LogP contribution in [-0.2, 0) is 11.0 Å². The molecule has 216 valence electrons. The number of thiazole rings is 1. The number of nitrogens with zero attached hydrogens (tertiary/aromatic N) is 5. The molecule has 0 radical (unpaired) electrons. The number of para-hydroxylation sites is 1. The van der Waals surface area contributed by atoms with Crippen molar-refractivity contribution in [3.8, 4) is 22.9 Å². The van der Waals surface area contributed by atoms with Gasteiger partial charge in [-0.15, -0.1) is 0 Å². The number of piperidine rings is 1. The van der Waals surface area contributed by atoms with E-state index in [1.807, 2.05) is 6.07 Å². The molecule has 13 heteroatoms. The van der Waals surface area contributed by atoms with Crippen molar-refractivity contribution < 1.29 is 22.7 Å². The molecule has 3 aromatic heterocycles. The highest BCUT2D eigenvalue weighted by atomic mass is 32.1. The molecule has 41 heavy (non-hydrogen) atoms. The summed E-state index contributed by atoms with van der Waals surface area (Å²) in [5.41, 5.74) is 0.315. The molecule has 0 bridgehead atoms. The van der Waals surface area contributed by atoms with E-state index in [9.17, 15) is 18.0 Å². The number of alkyl halides is 3.